The lowest BCUT2D eigenvalue weighted by Gasteiger charge is -2.09. The van der Waals surface area contributed by atoms with E-state index in [-0.39, 0.29) is 11.5 Å². The topological polar surface area (TPSA) is 120 Å². The number of H-pyrrole nitrogens is 1. The van der Waals surface area contributed by atoms with Crippen molar-refractivity contribution in [1.82, 2.24) is 20.6 Å². The summed E-state index contributed by atoms with van der Waals surface area (Å²) in [6, 6.07) is 12.6. The van der Waals surface area contributed by atoms with Crippen LogP contribution < -0.4 is 10.7 Å². The van der Waals surface area contributed by atoms with Crippen LogP contribution >= 0.6 is 0 Å². The Kier molecular flexibility index (Phi) is 2.87. The number of tetrazole rings is 1. The highest BCUT2D eigenvalue weighted by Crippen LogP contribution is 2.24. The van der Waals surface area contributed by atoms with Crippen molar-refractivity contribution < 1.29 is 9.52 Å². The summed E-state index contributed by atoms with van der Waals surface area (Å²) in [5.41, 5.74) is -0.534. The zero-order valence-electron chi connectivity index (χ0n) is 11.6. The van der Waals surface area contributed by atoms with Crippen molar-refractivity contribution in [3.63, 3.8) is 0 Å². The van der Waals surface area contributed by atoms with Gasteiger partial charge in [-0.2, -0.15) is 5.21 Å². The molecule has 8 heteroatoms. The lowest BCUT2D eigenvalue weighted by molar-refractivity contribution is -0.212. The smallest absolute Gasteiger partial charge is 0.344 e. The Morgan fingerprint density at radius 1 is 1.17 bits per heavy atom. The maximum Gasteiger partial charge on any atom is 0.344 e. The molecule has 8 nitrogen and oxygen atoms in total. The third-order valence-electron chi connectivity index (χ3n) is 3.41. The fraction of sp³-hybridized carbons (Fsp3) is 0. The Bertz CT molecular complexity index is 1100. The molecule has 1 N–H and O–H groups in total. The summed E-state index contributed by atoms with van der Waals surface area (Å²) in [5, 5.41) is 27.3. The quantitative estimate of drug-likeness (QED) is 0.254. The van der Waals surface area contributed by atoms with E-state index in [9.17, 15) is 9.90 Å². The molecule has 0 radical (unpaired) electrons. The van der Waals surface area contributed by atoms with Crippen LogP contribution in [0.2, 0.25) is 0 Å². The number of nitrogens with zero attached hydrogens (tertiary/aromatic N) is 4. The zero-order valence-corrected chi connectivity index (χ0v) is 11.6. The van der Waals surface area contributed by atoms with Gasteiger partial charge in [0.1, 0.15) is 5.58 Å². The van der Waals surface area contributed by atoms with Crippen LogP contribution in [0.5, 0.6) is 0 Å². The minimum atomic E-state index is -0.782. The van der Waals surface area contributed by atoms with Gasteiger partial charge in [-0.15, -0.1) is 5.10 Å². The van der Waals surface area contributed by atoms with Crippen LogP contribution in [0.25, 0.3) is 21.7 Å². The predicted molar refractivity (Wildman–Crippen MR) is 80.4 cm³/mol. The number of benzene rings is 2. The molecule has 0 spiro atoms. The van der Waals surface area contributed by atoms with Crippen molar-refractivity contribution in [2.75, 3.05) is 0 Å². The SMILES string of the molecule is O=c1oc2ccc3ccccc3c2cc1C([O-])=Nc1nn[nH]n1. The Hall–Kier alpha value is -3.55. The first kappa shape index (κ1) is 13.1. The Balaban J connectivity index is 1.98. The van der Waals surface area contributed by atoms with Gasteiger partial charge in [0.2, 0.25) is 0 Å². The number of hydrogen-bond donors (Lipinski definition) is 1. The van der Waals surface area contributed by atoms with E-state index < -0.39 is 11.5 Å². The van der Waals surface area contributed by atoms with Gasteiger partial charge < -0.3 is 9.52 Å². The van der Waals surface area contributed by atoms with E-state index in [1.165, 1.54) is 6.07 Å². The van der Waals surface area contributed by atoms with Crippen molar-refractivity contribution in [3.8, 4) is 0 Å². The van der Waals surface area contributed by atoms with Crippen molar-refractivity contribution in [1.29, 1.82) is 0 Å². The fourth-order valence-electron chi connectivity index (χ4n) is 2.38. The largest absolute Gasteiger partial charge is 0.858 e. The molecule has 0 saturated carbocycles. The van der Waals surface area contributed by atoms with Gasteiger partial charge in [-0.05, 0) is 28.1 Å². The minimum Gasteiger partial charge on any atom is -0.858 e. The average molecular weight is 306 g/mol. The molecule has 0 amide bonds. The molecule has 0 unspecified atom stereocenters. The van der Waals surface area contributed by atoms with Crippen LogP contribution in [0.1, 0.15) is 5.56 Å². The van der Waals surface area contributed by atoms with E-state index >= 15 is 0 Å². The molecule has 0 bridgehead atoms. The summed E-state index contributed by atoms with van der Waals surface area (Å²) >= 11 is 0. The van der Waals surface area contributed by atoms with Gasteiger partial charge in [-0.25, -0.2) is 9.79 Å². The number of rotatable bonds is 2. The van der Waals surface area contributed by atoms with E-state index in [1.807, 2.05) is 30.3 Å². The van der Waals surface area contributed by atoms with Crippen LogP contribution in [0, 0.1) is 0 Å². The van der Waals surface area contributed by atoms with Gasteiger partial charge in [-0.1, -0.05) is 35.4 Å². The van der Waals surface area contributed by atoms with Gasteiger partial charge >= 0.3 is 5.63 Å². The van der Waals surface area contributed by atoms with Gasteiger partial charge in [0.05, 0.1) is 5.56 Å². The summed E-state index contributed by atoms with van der Waals surface area (Å²) in [4.78, 5) is 15.6. The lowest BCUT2D eigenvalue weighted by atomic mass is 10.0. The number of aromatic nitrogens is 4. The molecule has 112 valence electrons. The summed E-state index contributed by atoms with van der Waals surface area (Å²) in [5.74, 6) is -0.928. The van der Waals surface area contributed by atoms with Gasteiger partial charge in [0.15, 0.2) is 0 Å². The Labute approximate surface area is 128 Å². The maximum absolute atomic E-state index is 12.2. The first-order valence-corrected chi connectivity index (χ1v) is 6.67. The molecule has 2 aromatic heterocycles. The van der Waals surface area contributed by atoms with Crippen LogP contribution in [-0.4, -0.2) is 26.5 Å². The van der Waals surface area contributed by atoms with Gasteiger partial charge in [0.25, 0.3) is 5.95 Å². The lowest BCUT2D eigenvalue weighted by Crippen LogP contribution is -2.25. The van der Waals surface area contributed by atoms with Crippen LogP contribution in [0.4, 0.5) is 5.95 Å². The second kappa shape index (κ2) is 5.02. The predicted octanol–water partition coefficient (Wildman–Crippen LogP) is 0.898. The zero-order chi connectivity index (χ0) is 15.8. The first-order valence-electron chi connectivity index (χ1n) is 6.67. The van der Waals surface area contributed by atoms with Crippen molar-refractivity contribution in [3.05, 3.63) is 58.4 Å². The van der Waals surface area contributed by atoms with Crippen molar-refractivity contribution in [2.45, 2.75) is 0 Å². The highest BCUT2D eigenvalue weighted by atomic mass is 16.4. The summed E-state index contributed by atoms with van der Waals surface area (Å²) in [7, 11) is 0. The molecule has 0 atom stereocenters. The van der Waals surface area contributed by atoms with Crippen LogP contribution in [0.3, 0.4) is 0 Å². The van der Waals surface area contributed by atoms with E-state index in [1.54, 1.807) is 6.07 Å². The standard InChI is InChI=1S/C15H9N5O3/c21-13(16-15-17-19-20-18-15)11-7-10-9-4-2-1-3-8(9)5-6-12(10)23-14(11)22/h1-7H,(H2,16,17,18,19,20,21)/p-1. The molecule has 0 fully saturated rings. The molecule has 2 aromatic carbocycles. The molecule has 23 heavy (non-hydrogen) atoms. The molecule has 0 aliphatic rings. The molecular formula is C15H8N5O3-. The van der Waals surface area contributed by atoms with E-state index in [0.29, 0.717) is 11.0 Å². The number of aromatic amines is 1. The number of fused-ring (bicyclic) bond motifs is 3. The van der Waals surface area contributed by atoms with Gasteiger partial charge in [-0.3, -0.25) is 0 Å². The first-order chi connectivity index (χ1) is 11.2. The summed E-state index contributed by atoms with van der Waals surface area (Å²) in [6.07, 6.45) is 0. The van der Waals surface area contributed by atoms with Gasteiger partial charge in [0, 0.05) is 11.3 Å². The maximum atomic E-state index is 12.2. The number of nitrogens with one attached hydrogen (secondary N) is 1. The monoisotopic (exact) mass is 306 g/mol. The third kappa shape index (κ3) is 2.22. The average Bonchev–Trinajstić information content (AvgIpc) is 3.07. The molecule has 0 saturated heterocycles. The van der Waals surface area contributed by atoms with Crippen LogP contribution in [-0.2, 0) is 0 Å². The third-order valence-corrected chi connectivity index (χ3v) is 3.41. The molecule has 0 aliphatic heterocycles. The van der Waals surface area contributed by atoms with Crippen molar-refractivity contribution in [2.24, 2.45) is 4.99 Å². The number of aliphatic imine (C=N–C) groups is 1. The Morgan fingerprint density at radius 2 is 2.04 bits per heavy atom. The second-order valence-corrected chi connectivity index (χ2v) is 4.77. The second-order valence-electron chi connectivity index (χ2n) is 4.77. The number of hydrogen-bond acceptors (Lipinski definition) is 7. The highest BCUT2D eigenvalue weighted by Gasteiger charge is 2.09. The normalized spacial score (nSPS) is 12.1. The van der Waals surface area contributed by atoms with E-state index in [4.69, 9.17) is 4.42 Å². The molecular weight excluding hydrogens is 298 g/mol. The van der Waals surface area contributed by atoms with Crippen molar-refractivity contribution >= 4 is 33.6 Å². The van der Waals surface area contributed by atoms with E-state index in [2.05, 4.69) is 25.6 Å². The minimum absolute atomic E-state index is 0.146. The Morgan fingerprint density at radius 3 is 2.87 bits per heavy atom. The molecule has 0 aliphatic carbocycles. The van der Waals surface area contributed by atoms with Crippen LogP contribution in [0.15, 0.2) is 56.7 Å². The molecule has 4 aromatic rings. The summed E-state index contributed by atoms with van der Waals surface area (Å²) < 4.78 is 5.24. The molecule has 2 heterocycles. The fourth-order valence-corrected chi connectivity index (χ4v) is 2.38. The van der Waals surface area contributed by atoms with E-state index in [0.717, 1.165) is 10.8 Å². The summed E-state index contributed by atoms with van der Waals surface area (Å²) in [6.45, 7) is 0. The molecule has 4 rings (SSSR count). The highest BCUT2D eigenvalue weighted by molar-refractivity contribution is 6.07.